The van der Waals surface area contributed by atoms with E-state index in [1.807, 2.05) is 23.1 Å². The van der Waals surface area contributed by atoms with Crippen LogP contribution in [0, 0.1) is 13.8 Å². The molecule has 0 bridgehead atoms. The second-order valence-electron chi connectivity index (χ2n) is 8.12. The first-order valence-corrected chi connectivity index (χ1v) is 10.4. The summed E-state index contributed by atoms with van der Waals surface area (Å²) in [6, 6.07) is 22.4. The van der Waals surface area contributed by atoms with Crippen molar-refractivity contribution in [1.29, 1.82) is 0 Å². The highest BCUT2D eigenvalue weighted by Crippen LogP contribution is 2.40. The first-order chi connectivity index (χ1) is 14.5. The Labute approximate surface area is 178 Å². The van der Waals surface area contributed by atoms with Crippen molar-refractivity contribution in [2.24, 2.45) is 0 Å². The number of nitrogens with one attached hydrogen (secondary N) is 1. The molecule has 1 heterocycles. The van der Waals surface area contributed by atoms with E-state index in [4.69, 9.17) is 4.74 Å². The van der Waals surface area contributed by atoms with E-state index in [-0.39, 0.29) is 18.0 Å². The number of ether oxygens (including phenoxy) is 1. The van der Waals surface area contributed by atoms with Crippen LogP contribution in [0.2, 0.25) is 0 Å². The van der Waals surface area contributed by atoms with E-state index in [1.54, 1.807) is 13.2 Å². The molecule has 0 aliphatic carbocycles. The molecule has 3 aromatic rings. The fourth-order valence-electron chi connectivity index (χ4n) is 4.18. The van der Waals surface area contributed by atoms with Gasteiger partial charge < -0.3 is 15.0 Å². The smallest absolute Gasteiger partial charge is 0.258 e. The number of carbonyl (C=O) groups is 1. The molecule has 0 saturated carbocycles. The molecule has 2 atom stereocenters. The first-order valence-electron chi connectivity index (χ1n) is 10.4. The quantitative estimate of drug-likeness (QED) is 0.592. The van der Waals surface area contributed by atoms with E-state index < -0.39 is 0 Å². The number of carbonyl (C=O) groups excluding carboxylic acids is 1. The predicted molar refractivity (Wildman–Crippen MR) is 123 cm³/mol. The molecule has 0 spiro atoms. The van der Waals surface area contributed by atoms with Crippen LogP contribution in [0.4, 0.5) is 11.4 Å². The fraction of sp³-hybridized carbons (Fsp3) is 0.269. The monoisotopic (exact) mass is 400 g/mol. The molecule has 1 aliphatic rings. The van der Waals surface area contributed by atoms with Gasteiger partial charge in [0.2, 0.25) is 0 Å². The van der Waals surface area contributed by atoms with Gasteiger partial charge in [-0.2, -0.15) is 0 Å². The molecule has 0 radical (unpaired) electrons. The molecular formula is C26H28N2O2. The highest BCUT2D eigenvalue weighted by molar-refractivity contribution is 6.07. The molecule has 1 N–H and O–H groups in total. The van der Waals surface area contributed by atoms with Gasteiger partial charge >= 0.3 is 0 Å². The Morgan fingerprint density at radius 2 is 1.73 bits per heavy atom. The summed E-state index contributed by atoms with van der Waals surface area (Å²) in [7, 11) is 1.62. The van der Waals surface area contributed by atoms with Crippen molar-refractivity contribution in [3.05, 3.63) is 89.0 Å². The molecule has 4 nitrogen and oxygen atoms in total. The molecule has 30 heavy (non-hydrogen) atoms. The molecule has 4 rings (SSSR count). The van der Waals surface area contributed by atoms with Gasteiger partial charge in [-0.3, -0.25) is 4.79 Å². The minimum Gasteiger partial charge on any atom is -0.497 e. The summed E-state index contributed by atoms with van der Waals surface area (Å²) in [5, 5.41) is 3.68. The van der Waals surface area contributed by atoms with Crippen molar-refractivity contribution in [3.8, 4) is 5.75 Å². The predicted octanol–water partition coefficient (Wildman–Crippen LogP) is 5.90. The number of hydrogen-bond acceptors (Lipinski definition) is 3. The number of benzene rings is 3. The topological polar surface area (TPSA) is 41.6 Å². The van der Waals surface area contributed by atoms with Crippen LogP contribution in [-0.2, 0) is 0 Å². The number of amides is 1. The second-order valence-corrected chi connectivity index (χ2v) is 8.12. The Morgan fingerprint density at radius 1 is 1.00 bits per heavy atom. The van der Waals surface area contributed by atoms with Gasteiger partial charge in [-0.1, -0.05) is 41.5 Å². The van der Waals surface area contributed by atoms with Crippen LogP contribution < -0.4 is 15.0 Å². The second kappa shape index (κ2) is 8.23. The van der Waals surface area contributed by atoms with E-state index in [9.17, 15) is 4.79 Å². The van der Waals surface area contributed by atoms with Crippen molar-refractivity contribution < 1.29 is 9.53 Å². The van der Waals surface area contributed by atoms with E-state index >= 15 is 0 Å². The third-order valence-electron chi connectivity index (χ3n) is 5.76. The largest absolute Gasteiger partial charge is 0.497 e. The van der Waals surface area contributed by atoms with Gasteiger partial charge in [0, 0.05) is 23.0 Å². The maximum absolute atomic E-state index is 13.5. The Morgan fingerprint density at radius 3 is 2.47 bits per heavy atom. The number of nitrogens with zero attached hydrogens (tertiary/aromatic N) is 1. The summed E-state index contributed by atoms with van der Waals surface area (Å²) in [4.78, 5) is 15.4. The zero-order valence-corrected chi connectivity index (χ0v) is 18.0. The van der Waals surface area contributed by atoms with Gasteiger partial charge in [0.25, 0.3) is 5.91 Å². The zero-order valence-electron chi connectivity index (χ0n) is 18.0. The van der Waals surface area contributed by atoms with Gasteiger partial charge in [-0.25, -0.2) is 0 Å². The van der Waals surface area contributed by atoms with Crippen molar-refractivity contribution in [2.75, 3.05) is 17.3 Å². The lowest BCUT2D eigenvalue weighted by molar-refractivity contribution is 0.0974. The molecule has 154 valence electrons. The standard InChI is InChI=1S/C26H28N2O2/c1-17-8-11-21(12-9-17)27-24-15-19(3)28(25-13-10-18(2)14-23(24)25)26(29)20-6-5-7-22(16-20)30-4/h5-14,16,19,24,27H,15H2,1-4H3/t19-,24+/m1/s1. The minimum absolute atomic E-state index is 0.000268. The lowest BCUT2D eigenvalue weighted by Crippen LogP contribution is -2.44. The van der Waals surface area contributed by atoms with Gasteiger partial charge in [0.1, 0.15) is 5.75 Å². The first kappa shape index (κ1) is 20.0. The lowest BCUT2D eigenvalue weighted by Gasteiger charge is -2.40. The van der Waals surface area contributed by atoms with Crippen LogP contribution >= 0.6 is 0 Å². The number of fused-ring (bicyclic) bond motifs is 1. The Bertz CT molecular complexity index is 1060. The maximum atomic E-state index is 13.5. The van der Waals surface area contributed by atoms with Crippen LogP contribution in [0.1, 0.15) is 46.4 Å². The van der Waals surface area contributed by atoms with Crippen molar-refractivity contribution in [2.45, 2.75) is 39.3 Å². The average Bonchev–Trinajstić information content (AvgIpc) is 2.75. The third-order valence-corrected chi connectivity index (χ3v) is 5.76. The van der Waals surface area contributed by atoms with Gasteiger partial charge in [-0.05, 0) is 69.2 Å². The summed E-state index contributed by atoms with van der Waals surface area (Å²) < 4.78 is 5.32. The molecule has 0 saturated heterocycles. The minimum atomic E-state index is 0.000268. The third kappa shape index (κ3) is 3.90. The number of rotatable bonds is 4. The van der Waals surface area contributed by atoms with E-state index in [1.165, 1.54) is 11.1 Å². The van der Waals surface area contributed by atoms with Crippen molar-refractivity contribution >= 4 is 17.3 Å². The summed E-state index contributed by atoms with van der Waals surface area (Å²) >= 11 is 0. The molecular weight excluding hydrogens is 372 g/mol. The SMILES string of the molecule is COc1cccc(C(=O)N2c3ccc(C)cc3[C@@H](Nc3ccc(C)cc3)C[C@H]2C)c1. The Hall–Kier alpha value is -3.27. The maximum Gasteiger partial charge on any atom is 0.258 e. The highest BCUT2D eigenvalue weighted by Gasteiger charge is 2.34. The highest BCUT2D eigenvalue weighted by atomic mass is 16.5. The lowest BCUT2D eigenvalue weighted by atomic mass is 9.89. The van der Waals surface area contributed by atoms with E-state index in [0.717, 1.165) is 23.4 Å². The van der Waals surface area contributed by atoms with Crippen LogP contribution in [-0.4, -0.2) is 19.1 Å². The van der Waals surface area contributed by atoms with E-state index in [2.05, 4.69) is 68.6 Å². The van der Waals surface area contributed by atoms with Crippen LogP contribution in [0.5, 0.6) is 5.75 Å². The van der Waals surface area contributed by atoms with Crippen LogP contribution in [0.15, 0.2) is 66.7 Å². The molecule has 1 amide bonds. The average molecular weight is 401 g/mol. The van der Waals surface area contributed by atoms with Crippen molar-refractivity contribution in [1.82, 2.24) is 0 Å². The van der Waals surface area contributed by atoms with Gasteiger partial charge in [0.15, 0.2) is 0 Å². The van der Waals surface area contributed by atoms with Crippen molar-refractivity contribution in [3.63, 3.8) is 0 Å². The molecule has 1 aliphatic heterocycles. The molecule has 0 unspecified atom stereocenters. The van der Waals surface area contributed by atoms with Gasteiger partial charge in [0.05, 0.1) is 13.2 Å². The molecule has 3 aromatic carbocycles. The number of methoxy groups -OCH3 is 1. The van der Waals surface area contributed by atoms with E-state index in [0.29, 0.717) is 11.3 Å². The fourth-order valence-corrected chi connectivity index (χ4v) is 4.18. The van der Waals surface area contributed by atoms with Crippen LogP contribution in [0.3, 0.4) is 0 Å². The molecule has 0 fully saturated rings. The number of hydrogen-bond donors (Lipinski definition) is 1. The number of aryl methyl sites for hydroxylation is 2. The molecule has 0 aromatic heterocycles. The summed E-state index contributed by atoms with van der Waals surface area (Å²) in [5.41, 5.74) is 6.29. The summed E-state index contributed by atoms with van der Waals surface area (Å²) in [6.07, 6.45) is 0.833. The summed E-state index contributed by atoms with van der Waals surface area (Å²) in [6.45, 7) is 6.30. The normalized spacial score (nSPS) is 17.9. The number of anilines is 2. The summed E-state index contributed by atoms with van der Waals surface area (Å²) in [5.74, 6) is 0.689. The van der Waals surface area contributed by atoms with Crippen LogP contribution in [0.25, 0.3) is 0 Å². The Balaban J connectivity index is 1.70. The zero-order chi connectivity index (χ0) is 21.3. The van der Waals surface area contributed by atoms with Gasteiger partial charge in [-0.15, -0.1) is 0 Å². The molecule has 4 heteroatoms. The Kier molecular flexibility index (Phi) is 5.49.